The number of furan rings is 2. The van der Waals surface area contributed by atoms with Crippen LogP contribution < -0.4 is 0 Å². The zero-order valence-corrected chi connectivity index (χ0v) is 26.7. The zero-order valence-electron chi connectivity index (χ0n) is 26.7. The van der Waals surface area contributed by atoms with Crippen LogP contribution in [0.15, 0.2) is 167 Å². The van der Waals surface area contributed by atoms with E-state index in [9.17, 15) is 0 Å². The Labute approximate surface area is 286 Å². The molecule has 11 rings (SSSR count). The molecule has 0 aliphatic heterocycles. The number of rotatable bonds is 4. The van der Waals surface area contributed by atoms with Crippen LogP contribution in [0.2, 0.25) is 0 Å². The second-order valence-electron chi connectivity index (χ2n) is 12.9. The summed E-state index contributed by atoms with van der Waals surface area (Å²) in [5.41, 5.74) is 11.2. The largest absolute Gasteiger partial charge is 0.455 e. The first-order valence-electron chi connectivity index (χ1n) is 16.8. The van der Waals surface area contributed by atoms with E-state index in [1.54, 1.807) is 0 Å². The predicted molar refractivity (Wildman–Crippen MR) is 205 cm³/mol. The molecule has 0 N–H and O–H groups in total. The molecule has 4 nitrogen and oxygen atoms in total. The Morgan fingerprint density at radius 3 is 1.82 bits per heavy atom. The van der Waals surface area contributed by atoms with Gasteiger partial charge in [0.25, 0.3) is 0 Å². The Kier molecular flexibility index (Phi) is 5.63. The third kappa shape index (κ3) is 3.93. The predicted octanol–water partition coefficient (Wildman–Crippen LogP) is 12.7. The van der Waals surface area contributed by atoms with Crippen molar-refractivity contribution >= 4 is 65.6 Å². The average molecular weight is 639 g/mol. The highest BCUT2D eigenvalue weighted by Gasteiger charge is 2.21. The van der Waals surface area contributed by atoms with Gasteiger partial charge in [-0.3, -0.25) is 0 Å². The van der Waals surface area contributed by atoms with Crippen LogP contribution in [0.3, 0.4) is 0 Å². The van der Waals surface area contributed by atoms with Gasteiger partial charge in [0, 0.05) is 32.8 Å². The summed E-state index contributed by atoms with van der Waals surface area (Å²) in [6, 6.07) is 54.9. The van der Waals surface area contributed by atoms with Crippen LogP contribution in [0, 0.1) is 0 Å². The lowest BCUT2D eigenvalue weighted by Crippen LogP contribution is -1.94. The summed E-state index contributed by atoms with van der Waals surface area (Å²) < 4.78 is 13.1. The molecule has 0 amide bonds. The highest BCUT2D eigenvalue weighted by molar-refractivity contribution is 6.34. The molecule has 8 aromatic carbocycles. The quantitative estimate of drug-likeness (QED) is 0.180. The Morgan fingerprint density at radius 2 is 0.980 bits per heavy atom. The fraction of sp³-hybridized carbons (Fsp3) is 0. The number of hydrogen-bond donors (Lipinski definition) is 0. The summed E-state index contributed by atoms with van der Waals surface area (Å²) in [5.74, 6) is 0.649. The maximum Gasteiger partial charge on any atom is 0.180 e. The second kappa shape index (κ2) is 10.4. The molecule has 3 heterocycles. The van der Waals surface area contributed by atoms with E-state index in [-0.39, 0.29) is 0 Å². The van der Waals surface area contributed by atoms with E-state index in [1.807, 2.05) is 24.3 Å². The first-order chi connectivity index (χ1) is 24.8. The topological polar surface area (TPSA) is 52.1 Å². The van der Waals surface area contributed by atoms with Crippen molar-refractivity contribution in [2.24, 2.45) is 0 Å². The smallest absolute Gasteiger partial charge is 0.180 e. The van der Waals surface area contributed by atoms with Crippen LogP contribution in [0.5, 0.6) is 0 Å². The molecule has 0 saturated heterocycles. The molecule has 4 heteroatoms. The highest BCUT2D eigenvalue weighted by Crippen LogP contribution is 2.45. The molecule has 50 heavy (non-hydrogen) atoms. The second-order valence-corrected chi connectivity index (χ2v) is 12.9. The molecule has 0 spiro atoms. The lowest BCUT2D eigenvalue weighted by atomic mass is 9.92. The molecule has 0 fully saturated rings. The van der Waals surface area contributed by atoms with E-state index in [1.165, 1.54) is 32.3 Å². The van der Waals surface area contributed by atoms with Gasteiger partial charge in [-0.15, -0.1) is 0 Å². The van der Waals surface area contributed by atoms with Crippen LogP contribution in [-0.2, 0) is 0 Å². The van der Waals surface area contributed by atoms with Gasteiger partial charge in [0.1, 0.15) is 28.0 Å². The van der Waals surface area contributed by atoms with E-state index in [2.05, 4.69) is 133 Å². The zero-order chi connectivity index (χ0) is 32.8. The summed E-state index contributed by atoms with van der Waals surface area (Å²) in [5, 5.41) is 8.26. The normalized spacial score (nSPS) is 12.0. The van der Waals surface area contributed by atoms with E-state index in [0.29, 0.717) is 11.4 Å². The van der Waals surface area contributed by atoms with Gasteiger partial charge in [-0.25, -0.2) is 9.97 Å². The van der Waals surface area contributed by atoms with Gasteiger partial charge in [0.05, 0.1) is 0 Å². The van der Waals surface area contributed by atoms with Crippen molar-refractivity contribution in [3.8, 4) is 44.9 Å². The monoisotopic (exact) mass is 638 g/mol. The maximum atomic E-state index is 6.64. The van der Waals surface area contributed by atoms with Crippen molar-refractivity contribution in [1.29, 1.82) is 0 Å². The van der Waals surface area contributed by atoms with E-state index in [4.69, 9.17) is 18.8 Å². The maximum absolute atomic E-state index is 6.64. The Bertz CT molecular complexity index is 3080. The lowest BCUT2D eigenvalue weighted by molar-refractivity contribution is 0.667. The van der Waals surface area contributed by atoms with Crippen molar-refractivity contribution in [3.63, 3.8) is 0 Å². The Morgan fingerprint density at radius 1 is 0.360 bits per heavy atom. The molecule has 0 aliphatic carbocycles. The Balaban J connectivity index is 1.07. The molecule has 0 bridgehead atoms. The number of fused-ring (bicyclic) bond motifs is 6. The standard InChI is InChI=1S/C46H26N2O2/c1-2-10-27(11-3-1)30-12-8-13-31(26-30)42-45-43(37-16-6-7-18-38(37)49-45)48-46(47-42)29-22-20-28(21-23-29)32-24-25-36-34-15-5-4-14-33(34)35-17-9-19-39-40(35)41(36)44(32)50-39/h1-26H. The van der Waals surface area contributed by atoms with Crippen LogP contribution in [0.25, 0.3) is 110 Å². The van der Waals surface area contributed by atoms with Gasteiger partial charge in [-0.1, -0.05) is 127 Å². The minimum atomic E-state index is 0.649. The van der Waals surface area contributed by atoms with E-state index in [0.717, 1.165) is 66.7 Å². The number of hydrogen-bond acceptors (Lipinski definition) is 4. The molecule has 0 unspecified atom stereocenters. The van der Waals surface area contributed by atoms with Crippen molar-refractivity contribution in [2.45, 2.75) is 0 Å². The van der Waals surface area contributed by atoms with Gasteiger partial charge < -0.3 is 8.83 Å². The minimum absolute atomic E-state index is 0.649. The third-order valence-electron chi connectivity index (χ3n) is 10.1. The molecule has 232 valence electrons. The average Bonchev–Trinajstić information content (AvgIpc) is 3.77. The van der Waals surface area contributed by atoms with E-state index < -0.39 is 0 Å². The molecule has 3 aromatic heterocycles. The van der Waals surface area contributed by atoms with Crippen molar-refractivity contribution in [2.75, 3.05) is 0 Å². The van der Waals surface area contributed by atoms with Crippen LogP contribution >= 0.6 is 0 Å². The highest BCUT2D eigenvalue weighted by atomic mass is 16.3. The molecular weight excluding hydrogens is 613 g/mol. The SMILES string of the molecule is c1ccc(-c2cccc(-c3nc(-c4ccc(-c5ccc6c7ccccc7c7cccc8oc5c6c87)cc4)nc4c3oc3ccccc34)c2)cc1. The summed E-state index contributed by atoms with van der Waals surface area (Å²) in [7, 11) is 0. The van der Waals surface area contributed by atoms with Gasteiger partial charge >= 0.3 is 0 Å². The first-order valence-corrected chi connectivity index (χ1v) is 16.8. The van der Waals surface area contributed by atoms with Crippen molar-refractivity contribution in [3.05, 3.63) is 158 Å². The van der Waals surface area contributed by atoms with Crippen molar-refractivity contribution < 1.29 is 8.83 Å². The third-order valence-corrected chi connectivity index (χ3v) is 10.1. The van der Waals surface area contributed by atoms with Crippen LogP contribution in [0.1, 0.15) is 0 Å². The van der Waals surface area contributed by atoms with Gasteiger partial charge in [0.2, 0.25) is 0 Å². The number of para-hydroxylation sites is 1. The molecule has 0 atom stereocenters. The first kappa shape index (κ1) is 27.2. The van der Waals surface area contributed by atoms with Gasteiger partial charge in [-0.05, 0) is 68.6 Å². The van der Waals surface area contributed by atoms with Gasteiger partial charge in [-0.2, -0.15) is 0 Å². The summed E-state index contributed by atoms with van der Waals surface area (Å²) in [4.78, 5) is 10.3. The van der Waals surface area contributed by atoms with Crippen molar-refractivity contribution in [1.82, 2.24) is 9.97 Å². The summed E-state index contributed by atoms with van der Waals surface area (Å²) >= 11 is 0. The number of nitrogens with zero attached hydrogens (tertiary/aromatic N) is 2. The van der Waals surface area contributed by atoms with E-state index >= 15 is 0 Å². The minimum Gasteiger partial charge on any atom is -0.455 e. The molecule has 0 radical (unpaired) electrons. The van der Waals surface area contributed by atoms with Gasteiger partial charge in [0.15, 0.2) is 11.4 Å². The number of aromatic nitrogens is 2. The molecular formula is C46H26N2O2. The molecule has 0 saturated carbocycles. The molecule has 0 aliphatic rings. The van der Waals surface area contributed by atoms with Crippen LogP contribution in [0.4, 0.5) is 0 Å². The fourth-order valence-corrected chi connectivity index (χ4v) is 7.74. The van der Waals surface area contributed by atoms with Crippen LogP contribution in [-0.4, -0.2) is 9.97 Å². The summed E-state index contributed by atoms with van der Waals surface area (Å²) in [6.07, 6.45) is 0. The summed E-state index contributed by atoms with van der Waals surface area (Å²) in [6.45, 7) is 0. The fourth-order valence-electron chi connectivity index (χ4n) is 7.74. The Hall–Kier alpha value is -6.78. The number of benzene rings is 8. The molecule has 11 aromatic rings. The lowest BCUT2D eigenvalue weighted by Gasteiger charge is -2.10.